The van der Waals surface area contributed by atoms with Gasteiger partial charge in [0.2, 0.25) is 0 Å². The zero-order valence-electron chi connectivity index (χ0n) is 40.1. The molecule has 1 saturated carbocycles. The Kier molecular flexibility index (Phi) is 14.6. The Balaban J connectivity index is 0.945. The van der Waals surface area contributed by atoms with Crippen LogP contribution in [-0.2, 0) is 20.7 Å². The van der Waals surface area contributed by atoms with Crippen molar-refractivity contribution in [2.75, 3.05) is 57.0 Å². The van der Waals surface area contributed by atoms with Gasteiger partial charge in [0.25, 0.3) is 17.7 Å². The second kappa shape index (κ2) is 20.2. The third kappa shape index (κ3) is 10.5. The number of aryl methyl sites for hydroxylation is 2. The van der Waals surface area contributed by atoms with E-state index in [4.69, 9.17) is 20.3 Å². The molecule has 0 bridgehead atoms. The van der Waals surface area contributed by atoms with Crippen molar-refractivity contribution in [3.8, 4) is 5.69 Å². The fourth-order valence-corrected chi connectivity index (χ4v) is 9.45. The first kappa shape index (κ1) is 49.1. The molecule has 0 spiro atoms. The molecule has 18 heteroatoms. The van der Waals surface area contributed by atoms with Crippen molar-refractivity contribution in [2.45, 2.75) is 99.1 Å². The maximum Gasteiger partial charge on any atom is 0.416 e. The van der Waals surface area contributed by atoms with Crippen molar-refractivity contribution in [1.82, 2.24) is 29.5 Å². The molecular formula is C50H62FN9O8. The Labute approximate surface area is 395 Å². The number of ketones is 1. The number of carbonyl (C=O) groups is 6. The van der Waals surface area contributed by atoms with Gasteiger partial charge in [-0.3, -0.25) is 19.2 Å². The number of anilines is 2. The van der Waals surface area contributed by atoms with Gasteiger partial charge in [0.05, 0.1) is 45.9 Å². The summed E-state index contributed by atoms with van der Waals surface area (Å²) in [6.45, 7) is 15.0. The fraction of sp³-hybridized carbons (Fsp3) is 0.460. The van der Waals surface area contributed by atoms with E-state index in [0.717, 1.165) is 10.6 Å². The van der Waals surface area contributed by atoms with Crippen LogP contribution in [0.3, 0.4) is 0 Å². The number of aromatic amines is 1. The monoisotopic (exact) mass is 935 g/mol. The lowest BCUT2D eigenvalue weighted by Gasteiger charge is -2.31. The Morgan fingerprint density at radius 3 is 2.38 bits per heavy atom. The number of Topliss-reactive ketones (excluding diaryl/α,β-unsaturated/α-hetero) is 1. The van der Waals surface area contributed by atoms with Gasteiger partial charge in [0, 0.05) is 60.9 Å². The van der Waals surface area contributed by atoms with Crippen molar-refractivity contribution >= 4 is 58.7 Å². The quantitative estimate of drug-likeness (QED) is 0.0861. The minimum atomic E-state index is -0.877. The van der Waals surface area contributed by atoms with Crippen LogP contribution in [0.1, 0.15) is 125 Å². The van der Waals surface area contributed by atoms with Crippen molar-refractivity contribution in [3.63, 3.8) is 0 Å². The number of H-pyrrole nitrogens is 1. The number of ether oxygens (including phenoxy) is 2. The van der Waals surface area contributed by atoms with Crippen LogP contribution >= 0.6 is 0 Å². The number of aromatic nitrogens is 3. The van der Waals surface area contributed by atoms with E-state index >= 15 is 0 Å². The third-order valence-electron chi connectivity index (χ3n) is 13.2. The minimum Gasteiger partial charge on any atom is -0.447 e. The number of hydrogen-bond acceptors (Lipinski definition) is 11. The number of halogens is 1. The number of amides is 5. The van der Waals surface area contributed by atoms with Crippen LogP contribution in [0.2, 0.25) is 0 Å². The average molecular weight is 936 g/mol. The number of benzene rings is 2. The number of carbonyl (C=O) groups excluding carboxylic acids is 6. The molecule has 0 radical (unpaired) electrons. The molecule has 2 aliphatic carbocycles. The summed E-state index contributed by atoms with van der Waals surface area (Å²) in [6, 6.07) is 9.28. The van der Waals surface area contributed by atoms with Crippen LogP contribution in [-0.4, -0.2) is 124 Å². The number of nitrogens with one attached hydrogen (secondary N) is 3. The highest BCUT2D eigenvalue weighted by Crippen LogP contribution is 2.38. The van der Waals surface area contributed by atoms with Crippen molar-refractivity contribution in [3.05, 3.63) is 92.8 Å². The lowest BCUT2D eigenvalue weighted by molar-refractivity contribution is -0.110. The van der Waals surface area contributed by atoms with Crippen LogP contribution in [0.15, 0.2) is 36.4 Å². The van der Waals surface area contributed by atoms with Gasteiger partial charge >= 0.3 is 12.2 Å². The third-order valence-corrected chi connectivity index (χ3v) is 13.2. The predicted octanol–water partition coefficient (Wildman–Crippen LogP) is 7.42. The molecule has 1 fully saturated rings. The van der Waals surface area contributed by atoms with E-state index in [1.54, 1.807) is 43.8 Å². The van der Waals surface area contributed by atoms with Crippen LogP contribution in [0, 0.1) is 32.0 Å². The Morgan fingerprint density at radius 2 is 1.69 bits per heavy atom. The summed E-state index contributed by atoms with van der Waals surface area (Å²) in [6.07, 6.45) is 3.26. The zero-order valence-corrected chi connectivity index (χ0v) is 40.1. The van der Waals surface area contributed by atoms with E-state index in [9.17, 15) is 33.2 Å². The topological polar surface area (TPSA) is 214 Å². The van der Waals surface area contributed by atoms with Crippen molar-refractivity contribution in [2.24, 2.45) is 11.1 Å². The molecular weight excluding hydrogens is 874 g/mol. The van der Waals surface area contributed by atoms with Gasteiger partial charge in [0.15, 0.2) is 5.78 Å². The first-order chi connectivity index (χ1) is 32.3. The predicted molar refractivity (Wildman–Crippen MR) is 255 cm³/mol. The molecule has 362 valence electrons. The van der Waals surface area contributed by atoms with Gasteiger partial charge in [0.1, 0.15) is 18.5 Å². The van der Waals surface area contributed by atoms with E-state index in [1.165, 1.54) is 23.1 Å². The molecule has 4 aromatic rings. The van der Waals surface area contributed by atoms with Gasteiger partial charge in [-0.2, -0.15) is 5.10 Å². The summed E-state index contributed by atoms with van der Waals surface area (Å²) in [5.41, 5.74) is 12.1. The minimum absolute atomic E-state index is 0.000484. The number of fused-ring (bicyclic) bond motifs is 2. The molecule has 17 nitrogen and oxygen atoms in total. The van der Waals surface area contributed by atoms with Gasteiger partial charge < -0.3 is 40.6 Å². The number of hydrogen-bond donors (Lipinski definition) is 4. The lowest BCUT2D eigenvalue weighted by Crippen LogP contribution is -2.44. The first-order valence-electron chi connectivity index (χ1n) is 23.3. The number of likely N-dealkylation sites (N-methyl/N-ethyl adjacent to an activating group) is 2. The van der Waals surface area contributed by atoms with Crippen LogP contribution in [0.5, 0.6) is 0 Å². The molecule has 2 aromatic heterocycles. The zero-order chi connectivity index (χ0) is 49.2. The average Bonchev–Trinajstić information content (AvgIpc) is 3.89. The van der Waals surface area contributed by atoms with Crippen LogP contribution in [0.4, 0.5) is 25.4 Å². The molecule has 1 aliphatic heterocycles. The maximum atomic E-state index is 14.2. The molecule has 0 atom stereocenters. The second-order valence-electron chi connectivity index (χ2n) is 18.7. The smallest absolute Gasteiger partial charge is 0.416 e. The highest BCUT2D eigenvalue weighted by atomic mass is 19.1. The fourth-order valence-electron chi connectivity index (χ4n) is 9.45. The molecule has 68 heavy (non-hydrogen) atoms. The highest BCUT2D eigenvalue weighted by Gasteiger charge is 2.36. The standard InChI is InChI=1S/C50H62FN9O8/c1-9-58(10-2)19-20-59(47(64)43-28(3)39(53-29(43)4)25-37-36-23-31(51)11-18-38(36)55-46(37)63)49(66)67-22-21-57(8)48(65)68-34-15-12-32(13-16-34)54-40-24-33(14-17-35(40)45(52)62)60-41-26-50(6,7)27-42(61)44(41)30(5)56-60/h11,14,17-18,23-25,32,34,53-54H,9-10,12-13,15-16,19-22,26-27H2,1-8H3,(H2,52,62)(H,55,63)/b37-25-/t32-,34-. The number of nitrogens with two attached hydrogens (primary N) is 1. The highest BCUT2D eigenvalue weighted by molar-refractivity contribution is 6.35. The van der Waals surface area contributed by atoms with Crippen LogP contribution in [0.25, 0.3) is 17.3 Å². The second-order valence-corrected chi connectivity index (χ2v) is 18.7. The molecule has 3 heterocycles. The number of imide groups is 1. The molecule has 2 aromatic carbocycles. The molecule has 3 aliphatic rings. The summed E-state index contributed by atoms with van der Waals surface area (Å²) in [4.78, 5) is 87.2. The number of rotatable bonds is 15. The van der Waals surface area contributed by atoms with Crippen LogP contribution < -0.4 is 16.4 Å². The summed E-state index contributed by atoms with van der Waals surface area (Å²) in [7, 11) is 1.54. The normalized spacial score (nSPS) is 17.9. The SMILES string of the molecule is CCN(CC)CCN(C(=O)OCCN(C)C(=O)O[C@H]1CC[C@H](Nc2cc(-n3nc(C)c4c3CC(C)(C)CC4=O)ccc2C(N)=O)CC1)C(=O)c1c(C)[nH]c(/C=C2\C(=O)Nc3ccc(F)cc32)c1C. The first-order valence-corrected chi connectivity index (χ1v) is 23.3. The van der Waals surface area contributed by atoms with Gasteiger partial charge in [-0.05, 0) is 119 Å². The van der Waals surface area contributed by atoms with Gasteiger partial charge in [-0.1, -0.05) is 27.7 Å². The molecule has 7 rings (SSSR count). The maximum absolute atomic E-state index is 14.2. The van der Waals surface area contributed by atoms with Crippen molar-refractivity contribution < 1.29 is 42.6 Å². The van der Waals surface area contributed by atoms with E-state index in [2.05, 4.69) is 34.4 Å². The molecule has 5 amide bonds. The molecule has 0 unspecified atom stereocenters. The van der Waals surface area contributed by atoms with Gasteiger partial charge in [-0.25, -0.2) is 23.6 Å². The van der Waals surface area contributed by atoms with E-state index in [1.807, 2.05) is 26.8 Å². The summed E-state index contributed by atoms with van der Waals surface area (Å²) in [5, 5.41) is 11.0. The lowest BCUT2D eigenvalue weighted by atomic mass is 9.75. The van der Waals surface area contributed by atoms with Crippen molar-refractivity contribution in [1.29, 1.82) is 0 Å². The Morgan fingerprint density at radius 1 is 0.971 bits per heavy atom. The molecule has 0 saturated heterocycles. The Hall–Kier alpha value is -6.82. The number of primary amides is 1. The largest absolute Gasteiger partial charge is 0.447 e. The summed E-state index contributed by atoms with van der Waals surface area (Å²) < 4.78 is 27.4. The number of nitrogens with zero attached hydrogens (tertiary/aromatic N) is 5. The van der Waals surface area contributed by atoms with Gasteiger partial charge in [-0.15, -0.1) is 0 Å². The van der Waals surface area contributed by atoms with E-state index < -0.39 is 35.7 Å². The van der Waals surface area contributed by atoms with E-state index in [0.29, 0.717) is 115 Å². The molecule has 5 N–H and O–H groups in total. The summed E-state index contributed by atoms with van der Waals surface area (Å²) >= 11 is 0. The Bertz CT molecular complexity index is 2670. The summed E-state index contributed by atoms with van der Waals surface area (Å²) in [5.74, 6) is -2.00. The van der Waals surface area contributed by atoms with E-state index in [-0.39, 0.29) is 54.2 Å².